The minimum Gasteiger partial charge on any atom is -0.379 e. The molecule has 5 nitrogen and oxygen atoms in total. The maximum atomic E-state index is 11.9. The average molecular weight is 291 g/mol. The lowest BCUT2D eigenvalue weighted by Crippen LogP contribution is -2.41. The van der Waals surface area contributed by atoms with Crippen LogP contribution in [-0.2, 0) is 16.1 Å². The van der Waals surface area contributed by atoms with Crippen LogP contribution in [0.2, 0.25) is 0 Å². The molecule has 1 heterocycles. The number of carbonyl (C=O) groups is 1. The Kier molecular flexibility index (Phi) is 6.17. The second kappa shape index (κ2) is 8.12. The molecule has 0 spiro atoms. The first-order valence-electron chi connectivity index (χ1n) is 7.50. The van der Waals surface area contributed by atoms with Crippen molar-refractivity contribution in [1.82, 2.24) is 10.2 Å². The van der Waals surface area contributed by atoms with Gasteiger partial charge in [0.15, 0.2) is 0 Å². The minimum absolute atomic E-state index is 0.0192. The second-order valence-corrected chi connectivity index (χ2v) is 5.68. The van der Waals surface area contributed by atoms with E-state index >= 15 is 0 Å². The van der Waals surface area contributed by atoms with Crippen LogP contribution in [0.25, 0.3) is 0 Å². The van der Waals surface area contributed by atoms with Gasteiger partial charge in [0.05, 0.1) is 19.1 Å². The van der Waals surface area contributed by atoms with E-state index in [0.29, 0.717) is 19.8 Å². The summed E-state index contributed by atoms with van der Waals surface area (Å²) in [6.07, 6.45) is 0.928. The Morgan fingerprint density at radius 3 is 2.81 bits per heavy atom. The number of nitrogens with two attached hydrogens (primary N) is 1. The summed E-state index contributed by atoms with van der Waals surface area (Å²) in [7, 11) is 2.09. The lowest BCUT2D eigenvalue weighted by molar-refractivity contribution is -0.125. The molecule has 3 N–H and O–H groups in total. The van der Waals surface area contributed by atoms with E-state index in [1.807, 2.05) is 6.07 Å². The molecule has 2 atom stereocenters. The van der Waals surface area contributed by atoms with E-state index < -0.39 is 0 Å². The topological polar surface area (TPSA) is 67.6 Å². The summed E-state index contributed by atoms with van der Waals surface area (Å²) in [4.78, 5) is 14.2. The molecule has 2 rings (SSSR count). The van der Waals surface area contributed by atoms with Gasteiger partial charge in [-0.2, -0.15) is 0 Å². The molecule has 1 amide bonds. The molecule has 1 saturated heterocycles. The third kappa shape index (κ3) is 5.12. The molecule has 0 saturated carbocycles. The van der Waals surface area contributed by atoms with Crippen molar-refractivity contribution in [2.45, 2.75) is 19.0 Å². The van der Waals surface area contributed by atoms with E-state index in [0.717, 1.165) is 19.5 Å². The molecule has 21 heavy (non-hydrogen) atoms. The molecule has 1 aromatic carbocycles. The van der Waals surface area contributed by atoms with Gasteiger partial charge in [-0.25, -0.2) is 0 Å². The summed E-state index contributed by atoms with van der Waals surface area (Å²) < 4.78 is 5.21. The lowest BCUT2D eigenvalue weighted by atomic mass is 10.0. The van der Waals surface area contributed by atoms with Crippen LogP contribution in [0, 0.1) is 5.92 Å². The number of carbonyl (C=O) groups excluding carboxylic acids is 1. The van der Waals surface area contributed by atoms with Crippen LogP contribution in [0.15, 0.2) is 30.3 Å². The van der Waals surface area contributed by atoms with Crippen molar-refractivity contribution in [3.8, 4) is 0 Å². The summed E-state index contributed by atoms with van der Waals surface area (Å²) in [5, 5.41) is 2.95. The molecule has 0 radical (unpaired) electrons. The Balaban J connectivity index is 1.60. The van der Waals surface area contributed by atoms with Gasteiger partial charge in [0, 0.05) is 19.1 Å². The first-order chi connectivity index (χ1) is 10.2. The van der Waals surface area contributed by atoms with Crippen molar-refractivity contribution >= 4 is 5.91 Å². The fraction of sp³-hybridized carbons (Fsp3) is 0.562. The number of rotatable bonds is 7. The van der Waals surface area contributed by atoms with E-state index in [-0.39, 0.29) is 17.9 Å². The van der Waals surface area contributed by atoms with Gasteiger partial charge in [-0.1, -0.05) is 30.3 Å². The van der Waals surface area contributed by atoms with Gasteiger partial charge in [-0.15, -0.1) is 0 Å². The number of amides is 1. The first-order valence-corrected chi connectivity index (χ1v) is 7.50. The van der Waals surface area contributed by atoms with E-state index in [1.54, 1.807) is 0 Å². The number of ether oxygens (including phenoxy) is 1. The van der Waals surface area contributed by atoms with E-state index in [4.69, 9.17) is 10.5 Å². The predicted octanol–water partition coefficient (Wildman–Crippen LogP) is 0.598. The van der Waals surface area contributed by atoms with Crippen LogP contribution in [0.3, 0.4) is 0 Å². The van der Waals surface area contributed by atoms with Gasteiger partial charge in [-0.05, 0) is 25.6 Å². The predicted molar refractivity (Wildman–Crippen MR) is 82.7 cm³/mol. The van der Waals surface area contributed by atoms with Gasteiger partial charge in [0.2, 0.25) is 5.91 Å². The summed E-state index contributed by atoms with van der Waals surface area (Å²) in [6.45, 7) is 3.48. The molecule has 1 aromatic rings. The zero-order valence-corrected chi connectivity index (χ0v) is 12.6. The van der Waals surface area contributed by atoms with Crippen molar-refractivity contribution < 1.29 is 9.53 Å². The molecule has 0 bridgehead atoms. The highest BCUT2D eigenvalue weighted by molar-refractivity contribution is 5.79. The Labute approximate surface area is 126 Å². The molecule has 1 aliphatic heterocycles. The van der Waals surface area contributed by atoms with E-state index in [1.165, 1.54) is 5.56 Å². The van der Waals surface area contributed by atoms with Crippen LogP contribution in [0.4, 0.5) is 0 Å². The van der Waals surface area contributed by atoms with E-state index in [2.05, 4.69) is 41.5 Å². The summed E-state index contributed by atoms with van der Waals surface area (Å²) in [5.41, 5.74) is 7.13. The molecular weight excluding hydrogens is 266 g/mol. The number of hydrogen-bond donors (Lipinski definition) is 2. The van der Waals surface area contributed by atoms with Gasteiger partial charge >= 0.3 is 0 Å². The first kappa shape index (κ1) is 15.9. The monoisotopic (exact) mass is 291 g/mol. The molecule has 1 fully saturated rings. The summed E-state index contributed by atoms with van der Waals surface area (Å²) in [6, 6.07) is 10.2. The fourth-order valence-electron chi connectivity index (χ4n) is 2.51. The van der Waals surface area contributed by atoms with E-state index in [9.17, 15) is 4.79 Å². The van der Waals surface area contributed by atoms with Crippen LogP contribution < -0.4 is 11.1 Å². The van der Waals surface area contributed by atoms with Crippen LogP contribution in [0.5, 0.6) is 0 Å². The number of nitrogens with zero attached hydrogens (tertiary/aromatic N) is 1. The van der Waals surface area contributed by atoms with Crippen molar-refractivity contribution in [3.05, 3.63) is 35.9 Å². The van der Waals surface area contributed by atoms with Crippen LogP contribution >= 0.6 is 0 Å². The molecule has 1 aliphatic rings. The van der Waals surface area contributed by atoms with Gasteiger partial charge in [0.25, 0.3) is 0 Å². The molecule has 5 heteroatoms. The molecular formula is C16H25N3O2. The standard InChI is InChI=1S/C16H25N3O2/c1-19(10-13-6-3-2-4-7-13)9-5-8-18-16(20)14-11-21-12-15(14)17/h2-4,6-7,14-15H,5,8-12,17H2,1H3,(H,18,20). The zero-order chi connectivity index (χ0) is 15.1. The molecule has 116 valence electrons. The SMILES string of the molecule is CN(CCCNC(=O)C1COCC1N)Cc1ccccc1. The number of nitrogens with one attached hydrogen (secondary N) is 1. The maximum absolute atomic E-state index is 11.9. The minimum atomic E-state index is -0.188. The quantitative estimate of drug-likeness (QED) is 0.722. The Morgan fingerprint density at radius 2 is 2.14 bits per heavy atom. The zero-order valence-electron chi connectivity index (χ0n) is 12.6. The number of hydrogen-bond acceptors (Lipinski definition) is 4. The van der Waals surface area contributed by atoms with Gasteiger partial charge in [-0.3, -0.25) is 4.79 Å². The third-order valence-electron chi connectivity index (χ3n) is 3.77. The van der Waals surface area contributed by atoms with Crippen molar-refractivity contribution in [1.29, 1.82) is 0 Å². The fourth-order valence-corrected chi connectivity index (χ4v) is 2.51. The molecule has 0 aromatic heterocycles. The van der Waals surface area contributed by atoms with Gasteiger partial charge < -0.3 is 20.7 Å². The molecule has 0 aliphatic carbocycles. The normalized spacial score (nSPS) is 21.7. The summed E-state index contributed by atoms with van der Waals surface area (Å²) >= 11 is 0. The largest absolute Gasteiger partial charge is 0.379 e. The maximum Gasteiger partial charge on any atom is 0.227 e. The molecule has 2 unspecified atom stereocenters. The number of benzene rings is 1. The Bertz CT molecular complexity index is 438. The highest BCUT2D eigenvalue weighted by Gasteiger charge is 2.30. The third-order valence-corrected chi connectivity index (χ3v) is 3.77. The van der Waals surface area contributed by atoms with Crippen molar-refractivity contribution in [2.75, 3.05) is 33.4 Å². The van der Waals surface area contributed by atoms with Crippen molar-refractivity contribution in [3.63, 3.8) is 0 Å². The van der Waals surface area contributed by atoms with Crippen LogP contribution in [0.1, 0.15) is 12.0 Å². The van der Waals surface area contributed by atoms with Gasteiger partial charge in [0.1, 0.15) is 0 Å². The second-order valence-electron chi connectivity index (χ2n) is 5.68. The highest BCUT2D eigenvalue weighted by Crippen LogP contribution is 2.11. The average Bonchev–Trinajstić information content (AvgIpc) is 2.91. The highest BCUT2D eigenvalue weighted by atomic mass is 16.5. The van der Waals surface area contributed by atoms with Crippen molar-refractivity contribution in [2.24, 2.45) is 11.7 Å². The smallest absolute Gasteiger partial charge is 0.227 e. The Morgan fingerprint density at radius 1 is 1.38 bits per heavy atom. The Hall–Kier alpha value is -1.43. The summed E-state index contributed by atoms with van der Waals surface area (Å²) in [5.74, 6) is -0.169. The van der Waals surface area contributed by atoms with Crippen LogP contribution in [-0.4, -0.2) is 50.2 Å². The lowest BCUT2D eigenvalue weighted by Gasteiger charge is -2.17.